The van der Waals surface area contributed by atoms with E-state index in [9.17, 15) is 9.59 Å². The van der Waals surface area contributed by atoms with Crippen molar-refractivity contribution >= 4 is 50.5 Å². The van der Waals surface area contributed by atoms with E-state index in [0.29, 0.717) is 15.6 Å². The number of carbonyl (C=O) groups excluding carboxylic acids is 1. The lowest BCUT2D eigenvalue weighted by Gasteiger charge is -2.10. The second-order valence-corrected chi connectivity index (χ2v) is 6.87. The van der Waals surface area contributed by atoms with Crippen molar-refractivity contribution in [3.63, 3.8) is 0 Å². The van der Waals surface area contributed by atoms with Gasteiger partial charge in [0, 0.05) is 4.47 Å². The van der Waals surface area contributed by atoms with E-state index in [1.807, 2.05) is 5.38 Å². The molecule has 2 heterocycles. The van der Waals surface area contributed by atoms with Crippen LogP contribution in [0.25, 0.3) is 0 Å². The summed E-state index contributed by atoms with van der Waals surface area (Å²) >= 11 is 5.73. The number of carbonyl (C=O) groups is 2. The first-order chi connectivity index (χ1) is 9.40. The Morgan fingerprint density at radius 3 is 2.65 bits per heavy atom. The second-order valence-electron chi connectivity index (χ2n) is 4.06. The molecule has 0 aromatic carbocycles. The van der Waals surface area contributed by atoms with Crippen LogP contribution in [0.1, 0.15) is 43.0 Å². The number of thiophene rings is 1. The lowest BCUT2D eigenvalue weighted by molar-refractivity contribution is 0.0701. The summed E-state index contributed by atoms with van der Waals surface area (Å²) in [5, 5.41) is 14.2. The van der Waals surface area contributed by atoms with Gasteiger partial charge in [-0.15, -0.1) is 22.7 Å². The molecule has 0 aliphatic rings. The van der Waals surface area contributed by atoms with Gasteiger partial charge in [-0.3, -0.25) is 4.79 Å². The molecule has 0 saturated carbocycles. The van der Waals surface area contributed by atoms with Gasteiger partial charge in [0.15, 0.2) is 0 Å². The summed E-state index contributed by atoms with van der Waals surface area (Å²) in [5.74, 6) is -1.20. The molecule has 0 radical (unpaired) electrons. The maximum absolute atomic E-state index is 12.1. The van der Waals surface area contributed by atoms with Gasteiger partial charge in [-0.05, 0) is 41.2 Å². The fourth-order valence-corrected chi connectivity index (χ4v) is 3.94. The van der Waals surface area contributed by atoms with Crippen LogP contribution in [0.4, 0.5) is 0 Å². The van der Waals surface area contributed by atoms with Crippen LogP contribution in [-0.4, -0.2) is 22.0 Å². The van der Waals surface area contributed by atoms with Crippen LogP contribution in [0.15, 0.2) is 15.9 Å². The third-order valence-corrected chi connectivity index (χ3v) is 5.71. The van der Waals surface area contributed by atoms with Gasteiger partial charge >= 0.3 is 5.97 Å². The highest BCUT2D eigenvalue weighted by molar-refractivity contribution is 9.10. The Balaban J connectivity index is 2.14. The Kier molecular flexibility index (Phi) is 4.56. The first-order valence-electron chi connectivity index (χ1n) is 5.64. The van der Waals surface area contributed by atoms with Crippen molar-refractivity contribution in [2.75, 3.05) is 0 Å². The Morgan fingerprint density at radius 1 is 1.45 bits per heavy atom. The molecule has 8 heteroatoms. The molecule has 5 nitrogen and oxygen atoms in total. The number of amides is 1. The molecule has 0 saturated heterocycles. The number of carboxylic acid groups (broad SMARTS) is 1. The van der Waals surface area contributed by atoms with Crippen LogP contribution in [-0.2, 0) is 0 Å². The molecule has 0 fully saturated rings. The predicted octanol–water partition coefficient (Wildman–Crippen LogP) is 3.46. The molecule has 1 atom stereocenters. The van der Waals surface area contributed by atoms with E-state index in [1.165, 1.54) is 11.3 Å². The molecule has 1 unspecified atom stereocenters. The van der Waals surface area contributed by atoms with Gasteiger partial charge in [0.1, 0.15) is 14.8 Å². The van der Waals surface area contributed by atoms with E-state index < -0.39 is 5.97 Å². The minimum Gasteiger partial charge on any atom is -0.477 e. The molecule has 0 aliphatic carbocycles. The average Bonchev–Trinajstić information content (AvgIpc) is 2.95. The predicted molar refractivity (Wildman–Crippen MR) is 81.7 cm³/mol. The van der Waals surface area contributed by atoms with Gasteiger partial charge in [-0.2, -0.15) is 0 Å². The van der Waals surface area contributed by atoms with E-state index in [2.05, 4.69) is 26.2 Å². The zero-order valence-corrected chi connectivity index (χ0v) is 13.9. The number of carboxylic acids is 1. The number of halogens is 1. The quantitative estimate of drug-likeness (QED) is 0.858. The van der Waals surface area contributed by atoms with E-state index in [1.54, 1.807) is 19.9 Å². The number of nitrogens with zero attached hydrogens (tertiary/aromatic N) is 1. The number of rotatable bonds is 4. The van der Waals surface area contributed by atoms with E-state index >= 15 is 0 Å². The SMILES string of the molecule is Cc1nc(C(C)NC(=O)c2sccc2Br)sc1C(=O)O. The lowest BCUT2D eigenvalue weighted by atomic mass is 10.3. The van der Waals surface area contributed by atoms with Crippen molar-refractivity contribution in [3.05, 3.63) is 36.4 Å². The van der Waals surface area contributed by atoms with Crippen molar-refractivity contribution in [3.8, 4) is 0 Å². The van der Waals surface area contributed by atoms with Gasteiger partial charge in [0.25, 0.3) is 5.91 Å². The highest BCUT2D eigenvalue weighted by Crippen LogP contribution is 2.26. The van der Waals surface area contributed by atoms with Crippen LogP contribution >= 0.6 is 38.6 Å². The Hall–Kier alpha value is -1.25. The lowest BCUT2D eigenvalue weighted by Crippen LogP contribution is -2.26. The number of aryl methyl sites for hydroxylation is 1. The van der Waals surface area contributed by atoms with Crippen molar-refractivity contribution in [2.24, 2.45) is 0 Å². The third kappa shape index (κ3) is 3.08. The molecule has 2 rings (SSSR count). The largest absolute Gasteiger partial charge is 0.477 e. The summed E-state index contributed by atoms with van der Waals surface area (Å²) < 4.78 is 0.744. The molecule has 20 heavy (non-hydrogen) atoms. The maximum atomic E-state index is 12.1. The second kappa shape index (κ2) is 6.02. The average molecular weight is 375 g/mol. The summed E-state index contributed by atoms with van der Waals surface area (Å²) in [6.07, 6.45) is 0. The Morgan fingerprint density at radius 2 is 2.15 bits per heavy atom. The highest BCUT2D eigenvalue weighted by Gasteiger charge is 2.20. The highest BCUT2D eigenvalue weighted by atomic mass is 79.9. The normalized spacial score (nSPS) is 12.2. The first-order valence-corrected chi connectivity index (χ1v) is 8.13. The van der Waals surface area contributed by atoms with Crippen LogP contribution in [0.2, 0.25) is 0 Å². The standard InChI is InChI=1S/C12H11BrN2O3S2/c1-5-8(12(17)18)20-11(15-5)6(2)14-10(16)9-7(13)3-4-19-9/h3-4,6H,1-2H3,(H,14,16)(H,17,18). The van der Waals surface area contributed by atoms with Gasteiger partial charge < -0.3 is 10.4 Å². The smallest absolute Gasteiger partial charge is 0.347 e. The summed E-state index contributed by atoms with van der Waals surface area (Å²) in [5.41, 5.74) is 0.468. The minimum atomic E-state index is -0.995. The van der Waals surface area contributed by atoms with Gasteiger partial charge in [-0.25, -0.2) is 9.78 Å². The molecular weight excluding hydrogens is 364 g/mol. The summed E-state index contributed by atoms with van der Waals surface area (Å²) in [6.45, 7) is 3.43. The van der Waals surface area contributed by atoms with Crippen molar-refractivity contribution < 1.29 is 14.7 Å². The van der Waals surface area contributed by atoms with Gasteiger partial charge in [0.05, 0.1) is 11.7 Å². The molecule has 2 aromatic heterocycles. The zero-order valence-electron chi connectivity index (χ0n) is 10.6. The first kappa shape index (κ1) is 15.1. The molecule has 2 N–H and O–H groups in total. The summed E-state index contributed by atoms with van der Waals surface area (Å²) in [4.78, 5) is 28.1. The molecule has 1 amide bonds. The van der Waals surface area contributed by atoms with Crippen LogP contribution < -0.4 is 5.32 Å². The molecule has 0 spiro atoms. The van der Waals surface area contributed by atoms with Crippen molar-refractivity contribution in [1.29, 1.82) is 0 Å². The van der Waals surface area contributed by atoms with Gasteiger partial charge in [0.2, 0.25) is 0 Å². The van der Waals surface area contributed by atoms with E-state index in [-0.39, 0.29) is 16.8 Å². The molecule has 2 aromatic rings. The molecule has 106 valence electrons. The number of aromatic carboxylic acids is 1. The number of nitrogens with one attached hydrogen (secondary N) is 1. The summed E-state index contributed by atoms with van der Waals surface area (Å²) in [6, 6.07) is 1.47. The third-order valence-electron chi connectivity index (χ3n) is 2.55. The van der Waals surface area contributed by atoms with Crippen molar-refractivity contribution in [2.45, 2.75) is 19.9 Å². The number of hydrogen-bond donors (Lipinski definition) is 2. The Labute approximate surface area is 131 Å². The number of thiazole rings is 1. The number of aromatic nitrogens is 1. The van der Waals surface area contributed by atoms with E-state index in [4.69, 9.17) is 5.11 Å². The van der Waals surface area contributed by atoms with Gasteiger partial charge in [-0.1, -0.05) is 0 Å². The van der Waals surface area contributed by atoms with Crippen LogP contribution in [0, 0.1) is 6.92 Å². The topological polar surface area (TPSA) is 79.3 Å². The molecule has 0 aliphatic heterocycles. The maximum Gasteiger partial charge on any atom is 0.347 e. The fraction of sp³-hybridized carbons (Fsp3) is 0.250. The molecular formula is C12H11BrN2O3S2. The minimum absolute atomic E-state index is 0.205. The van der Waals surface area contributed by atoms with Crippen LogP contribution in [0.3, 0.4) is 0 Å². The summed E-state index contributed by atoms with van der Waals surface area (Å²) in [7, 11) is 0. The van der Waals surface area contributed by atoms with Crippen molar-refractivity contribution in [1.82, 2.24) is 10.3 Å². The molecule has 0 bridgehead atoms. The van der Waals surface area contributed by atoms with E-state index in [0.717, 1.165) is 15.8 Å². The zero-order chi connectivity index (χ0) is 14.9. The fourth-order valence-electron chi connectivity index (χ4n) is 1.58. The number of hydrogen-bond acceptors (Lipinski definition) is 5. The Bertz CT molecular complexity index is 665. The van der Waals surface area contributed by atoms with Crippen LogP contribution in [0.5, 0.6) is 0 Å². The monoisotopic (exact) mass is 374 g/mol.